The van der Waals surface area contributed by atoms with Crippen molar-refractivity contribution in [3.8, 4) is 11.5 Å². The first-order valence-corrected chi connectivity index (χ1v) is 14.0. The molecule has 4 rings (SSSR count). The molecule has 2 amide bonds. The zero-order valence-electron chi connectivity index (χ0n) is 21.4. The zero-order valence-corrected chi connectivity index (χ0v) is 24.3. The van der Waals surface area contributed by atoms with E-state index >= 15 is 0 Å². The second-order valence-electron chi connectivity index (χ2n) is 9.39. The van der Waals surface area contributed by atoms with Gasteiger partial charge in [0.2, 0.25) is 12.7 Å². The van der Waals surface area contributed by atoms with Gasteiger partial charge in [-0.05, 0) is 76.4 Å². The van der Waals surface area contributed by atoms with E-state index in [0.29, 0.717) is 34.0 Å². The molecule has 0 spiro atoms. The van der Waals surface area contributed by atoms with Crippen LogP contribution in [0, 0.1) is 9.49 Å². The number of anilines is 1. The van der Waals surface area contributed by atoms with Gasteiger partial charge in [-0.3, -0.25) is 9.59 Å². The number of hydrogen-bond donors (Lipinski definition) is 2. The van der Waals surface area contributed by atoms with Crippen LogP contribution >= 0.6 is 34.4 Å². The van der Waals surface area contributed by atoms with E-state index in [4.69, 9.17) is 9.47 Å². The molecule has 1 aliphatic rings. The molecular formula is C26H30IN5O4S. The monoisotopic (exact) mass is 635 g/mol. The van der Waals surface area contributed by atoms with Crippen LogP contribution in [-0.2, 0) is 11.8 Å². The van der Waals surface area contributed by atoms with Crippen molar-refractivity contribution in [1.82, 2.24) is 20.1 Å². The molecular weight excluding hydrogens is 605 g/mol. The van der Waals surface area contributed by atoms with E-state index in [1.807, 2.05) is 37.6 Å². The van der Waals surface area contributed by atoms with E-state index < -0.39 is 0 Å². The summed E-state index contributed by atoms with van der Waals surface area (Å²) >= 11 is 3.58. The number of rotatable bonds is 9. The summed E-state index contributed by atoms with van der Waals surface area (Å²) < 4.78 is 13.7. The first-order valence-electron chi connectivity index (χ1n) is 12.0. The molecule has 196 valence electrons. The third kappa shape index (κ3) is 6.38. The van der Waals surface area contributed by atoms with Gasteiger partial charge < -0.3 is 24.7 Å². The maximum atomic E-state index is 13.0. The summed E-state index contributed by atoms with van der Waals surface area (Å²) in [4.78, 5) is 25.7. The lowest BCUT2D eigenvalue weighted by molar-refractivity contribution is -0.113. The van der Waals surface area contributed by atoms with E-state index in [9.17, 15) is 9.59 Å². The van der Waals surface area contributed by atoms with Gasteiger partial charge in [-0.25, -0.2) is 0 Å². The molecule has 0 radical (unpaired) electrons. The van der Waals surface area contributed by atoms with Crippen LogP contribution in [0.4, 0.5) is 5.69 Å². The Hall–Kier alpha value is -2.80. The quantitative estimate of drug-likeness (QED) is 0.248. The summed E-state index contributed by atoms with van der Waals surface area (Å²) in [5, 5.41) is 15.3. The Balaban J connectivity index is 1.42. The van der Waals surface area contributed by atoms with Crippen LogP contribution in [0.2, 0.25) is 0 Å². The Morgan fingerprint density at radius 1 is 1.08 bits per heavy atom. The van der Waals surface area contributed by atoms with Crippen molar-refractivity contribution in [2.45, 2.75) is 44.8 Å². The number of carbonyl (C=O) groups excluding carboxylic acids is 2. The number of amides is 2. The summed E-state index contributed by atoms with van der Waals surface area (Å²) in [7, 11) is 1.84. The highest BCUT2D eigenvalue weighted by Gasteiger charge is 2.26. The molecule has 1 unspecified atom stereocenters. The highest BCUT2D eigenvalue weighted by Crippen LogP contribution is 2.33. The van der Waals surface area contributed by atoms with Gasteiger partial charge >= 0.3 is 0 Å². The third-order valence-corrected chi connectivity index (χ3v) is 7.67. The maximum absolute atomic E-state index is 13.0. The maximum Gasteiger partial charge on any atom is 0.252 e. The zero-order chi connectivity index (χ0) is 26.7. The molecule has 11 heteroatoms. The molecule has 0 fully saturated rings. The average molecular weight is 636 g/mol. The first kappa shape index (κ1) is 27.2. The third-order valence-electron chi connectivity index (χ3n) is 5.98. The van der Waals surface area contributed by atoms with Crippen LogP contribution in [-0.4, -0.2) is 39.1 Å². The summed E-state index contributed by atoms with van der Waals surface area (Å²) in [6.07, 6.45) is 0. The molecule has 0 saturated carbocycles. The largest absolute Gasteiger partial charge is 0.454 e. The predicted octanol–water partition coefficient (Wildman–Crippen LogP) is 5.13. The molecule has 2 aromatic carbocycles. The number of nitrogens with zero attached hydrogens (tertiary/aromatic N) is 3. The fourth-order valence-electron chi connectivity index (χ4n) is 3.96. The average Bonchev–Trinajstić information content (AvgIpc) is 3.47. The lowest BCUT2D eigenvalue weighted by Gasteiger charge is -2.21. The van der Waals surface area contributed by atoms with E-state index in [1.54, 1.807) is 18.2 Å². The molecule has 1 atom stereocenters. The van der Waals surface area contributed by atoms with Crippen molar-refractivity contribution >= 4 is 51.9 Å². The Labute approximate surface area is 234 Å². The number of aromatic nitrogens is 3. The number of hydrogen-bond acceptors (Lipinski definition) is 7. The van der Waals surface area contributed by atoms with Crippen LogP contribution in [0.5, 0.6) is 11.5 Å². The van der Waals surface area contributed by atoms with E-state index in [0.717, 1.165) is 14.8 Å². The van der Waals surface area contributed by atoms with Gasteiger partial charge in [0.1, 0.15) is 0 Å². The fourth-order valence-corrected chi connectivity index (χ4v) is 5.19. The van der Waals surface area contributed by atoms with Crippen molar-refractivity contribution in [2.75, 3.05) is 17.9 Å². The van der Waals surface area contributed by atoms with E-state index in [-0.39, 0.29) is 36.3 Å². The summed E-state index contributed by atoms with van der Waals surface area (Å²) in [6, 6.07) is 10.7. The van der Waals surface area contributed by atoms with Crippen molar-refractivity contribution < 1.29 is 19.1 Å². The molecule has 3 aromatic rings. The van der Waals surface area contributed by atoms with Crippen molar-refractivity contribution in [3.05, 3.63) is 56.9 Å². The van der Waals surface area contributed by atoms with Gasteiger partial charge in [-0.2, -0.15) is 0 Å². The molecule has 1 aliphatic heterocycles. The van der Waals surface area contributed by atoms with Crippen LogP contribution in [0.3, 0.4) is 0 Å². The highest BCUT2D eigenvalue weighted by molar-refractivity contribution is 14.1. The van der Waals surface area contributed by atoms with E-state index in [1.165, 1.54) is 11.8 Å². The highest BCUT2D eigenvalue weighted by atomic mass is 127. The van der Waals surface area contributed by atoms with Crippen LogP contribution in [0.15, 0.2) is 41.6 Å². The number of ether oxygens (including phenoxy) is 2. The minimum atomic E-state index is -0.376. The normalized spacial score (nSPS) is 13.2. The lowest BCUT2D eigenvalue weighted by atomic mass is 10.0. The minimum Gasteiger partial charge on any atom is -0.454 e. The fraction of sp³-hybridized carbons (Fsp3) is 0.385. The Morgan fingerprint density at radius 3 is 2.57 bits per heavy atom. The molecule has 0 aliphatic carbocycles. The number of thioether (sulfide) groups is 1. The van der Waals surface area contributed by atoms with Crippen molar-refractivity contribution in [2.24, 2.45) is 13.0 Å². The van der Waals surface area contributed by atoms with Gasteiger partial charge in [0.25, 0.3) is 5.91 Å². The van der Waals surface area contributed by atoms with Gasteiger partial charge in [0.05, 0.1) is 11.8 Å². The van der Waals surface area contributed by atoms with Gasteiger partial charge in [-0.1, -0.05) is 39.5 Å². The lowest BCUT2D eigenvalue weighted by Crippen LogP contribution is -2.33. The minimum absolute atomic E-state index is 0.0531. The summed E-state index contributed by atoms with van der Waals surface area (Å²) in [5.41, 5.74) is 2.40. The van der Waals surface area contributed by atoms with Gasteiger partial charge in [0.15, 0.2) is 22.5 Å². The van der Waals surface area contributed by atoms with Crippen molar-refractivity contribution in [3.63, 3.8) is 0 Å². The standard InChI is InChI=1S/C26H30IN5O4S/c1-14(2)18-11-17(27)7-8-19(18)28-22(33)12-37-26-31-30-24(32(26)5)23(15(3)4)29-25(34)16-6-9-20-21(10-16)36-13-35-20/h6-11,14-15,23H,12-13H2,1-5H3,(H,28,33)(H,29,34). The Kier molecular flexibility index (Phi) is 8.63. The van der Waals surface area contributed by atoms with Crippen molar-refractivity contribution in [1.29, 1.82) is 0 Å². The predicted molar refractivity (Wildman–Crippen MR) is 151 cm³/mol. The number of carbonyl (C=O) groups is 2. The summed E-state index contributed by atoms with van der Waals surface area (Å²) in [5.74, 6) is 1.96. The number of halogens is 1. The smallest absolute Gasteiger partial charge is 0.252 e. The molecule has 0 saturated heterocycles. The molecule has 0 bridgehead atoms. The summed E-state index contributed by atoms with van der Waals surface area (Å²) in [6.45, 7) is 8.37. The molecule has 2 N–H and O–H groups in total. The van der Waals surface area contributed by atoms with Gasteiger partial charge in [-0.15, -0.1) is 10.2 Å². The second-order valence-corrected chi connectivity index (χ2v) is 11.6. The molecule has 1 aromatic heterocycles. The number of nitrogens with one attached hydrogen (secondary N) is 2. The van der Waals surface area contributed by atoms with Crippen LogP contribution in [0.25, 0.3) is 0 Å². The Morgan fingerprint density at radius 2 is 1.84 bits per heavy atom. The van der Waals surface area contributed by atoms with Gasteiger partial charge in [0, 0.05) is 21.9 Å². The van der Waals surface area contributed by atoms with Crippen LogP contribution in [0.1, 0.15) is 61.4 Å². The Bertz CT molecular complexity index is 1310. The molecule has 37 heavy (non-hydrogen) atoms. The number of benzene rings is 2. The SMILES string of the molecule is CC(C)c1cc(I)ccc1NC(=O)CSc1nnc(C(NC(=O)c2ccc3c(c2)OCO3)C(C)C)n1C. The molecule has 2 heterocycles. The van der Waals surface area contributed by atoms with Crippen LogP contribution < -0.4 is 20.1 Å². The second kappa shape index (κ2) is 11.7. The number of fused-ring (bicyclic) bond motifs is 1. The van der Waals surface area contributed by atoms with E-state index in [2.05, 4.69) is 63.3 Å². The molecule has 9 nitrogen and oxygen atoms in total. The topological polar surface area (TPSA) is 107 Å². The first-order chi connectivity index (χ1) is 17.6.